The molecule has 0 aliphatic rings. The quantitative estimate of drug-likeness (QED) is 0.733. The molecule has 0 saturated carbocycles. The van der Waals surface area contributed by atoms with Gasteiger partial charge in [0.2, 0.25) is 0 Å². The first-order valence-electron chi connectivity index (χ1n) is 9.12. The smallest absolute Gasteiger partial charge is 0.136 e. The summed E-state index contributed by atoms with van der Waals surface area (Å²) in [7, 11) is 0. The molecule has 0 fully saturated rings. The molecule has 2 heterocycles. The Bertz CT molecular complexity index is 632. The SMILES string of the molecule is CCCCN(CC(O)c1ccc(-n2c(C)ccc2C)nc1)[C@@H](C)CO. The Morgan fingerprint density at radius 2 is 1.84 bits per heavy atom. The molecule has 5 nitrogen and oxygen atoms in total. The molecule has 0 spiro atoms. The highest BCUT2D eigenvalue weighted by molar-refractivity contribution is 5.33. The van der Waals surface area contributed by atoms with Crippen LogP contribution in [0.5, 0.6) is 0 Å². The highest BCUT2D eigenvalue weighted by atomic mass is 16.3. The number of unbranched alkanes of at least 4 members (excludes halogenated alkanes) is 1. The van der Waals surface area contributed by atoms with Crippen molar-refractivity contribution in [3.05, 3.63) is 47.4 Å². The minimum absolute atomic E-state index is 0.0404. The van der Waals surface area contributed by atoms with Crippen molar-refractivity contribution in [3.63, 3.8) is 0 Å². The van der Waals surface area contributed by atoms with Gasteiger partial charge in [-0.25, -0.2) is 4.98 Å². The van der Waals surface area contributed by atoms with E-state index >= 15 is 0 Å². The van der Waals surface area contributed by atoms with Gasteiger partial charge in [-0.3, -0.25) is 4.90 Å². The van der Waals surface area contributed by atoms with Gasteiger partial charge in [0.25, 0.3) is 0 Å². The second kappa shape index (κ2) is 9.13. The molecule has 0 aliphatic heterocycles. The Morgan fingerprint density at radius 1 is 1.16 bits per heavy atom. The number of aromatic nitrogens is 2. The largest absolute Gasteiger partial charge is 0.395 e. The van der Waals surface area contributed by atoms with Crippen molar-refractivity contribution in [1.82, 2.24) is 14.5 Å². The lowest BCUT2D eigenvalue weighted by molar-refractivity contribution is 0.0674. The van der Waals surface area contributed by atoms with Crippen LogP contribution in [-0.4, -0.2) is 50.4 Å². The second-order valence-corrected chi connectivity index (χ2v) is 6.80. The molecule has 0 radical (unpaired) electrons. The molecular formula is C20H31N3O2. The summed E-state index contributed by atoms with van der Waals surface area (Å²) in [5.74, 6) is 0.863. The van der Waals surface area contributed by atoms with Gasteiger partial charge in [-0.15, -0.1) is 0 Å². The van der Waals surface area contributed by atoms with E-state index in [1.165, 1.54) is 0 Å². The zero-order chi connectivity index (χ0) is 18.4. The molecule has 1 unspecified atom stereocenters. The third-order valence-electron chi connectivity index (χ3n) is 4.75. The van der Waals surface area contributed by atoms with Gasteiger partial charge in [0, 0.05) is 35.7 Å². The van der Waals surface area contributed by atoms with E-state index in [9.17, 15) is 10.2 Å². The Labute approximate surface area is 150 Å². The number of nitrogens with zero attached hydrogens (tertiary/aromatic N) is 3. The number of aryl methyl sites for hydroxylation is 2. The summed E-state index contributed by atoms with van der Waals surface area (Å²) < 4.78 is 2.09. The molecule has 25 heavy (non-hydrogen) atoms. The third kappa shape index (κ3) is 4.91. The maximum atomic E-state index is 10.6. The van der Waals surface area contributed by atoms with Gasteiger partial charge in [-0.1, -0.05) is 19.4 Å². The minimum atomic E-state index is -0.612. The second-order valence-electron chi connectivity index (χ2n) is 6.80. The average molecular weight is 345 g/mol. The third-order valence-corrected chi connectivity index (χ3v) is 4.75. The van der Waals surface area contributed by atoms with Crippen molar-refractivity contribution in [2.45, 2.75) is 52.7 Å². The summed E-state index contributed by atoms with van der Waals surface area (Å²) in [5.41, 5.74) is 3.08. The van der Waals surface area contributed by atoms with Crippen LogP contribution in [0.15, 0.2) is 30.5 Å². The Balaban J connectivity index is 2.10. The molecule has 138 valence electrons. The average Bonchev–Trinajstić information content (AvgIpc) is 2.96. The lowest BCUT2D eigenvalue weighted by Crippen LogP contribution is -2.39. The van der Waals surface area contributed by atoms with Crippen LogP contribution >= 0.6 is 0 Å². The van der Waals surface area contributed by atoms with Crippen LogP contribution in [0.1, 0.15) is 49.7 Å². The van der Waals surface area contributed by atoms with Gasteiger partial charge in [-0.2, -0.15) is 0 Å². The Morgan fingerprint density at radius 3 is 2.36 bits per heavy atom. The fourth-order valence-corrected chi connectivity index (χ4v) is 3.05. The van der Waals surface area contributed by atoms with Crippen LogP contribution in [0.4, 0.5) is 0 Å². The van der Waals surface area contributed by atoms with Crippen LogP contribution in [0, 0.1) is 13.8 Å². The normalized spacial score (nSPS) is 14.0. The molecule has 2 N–H and O–H groups in total. The maximum absolute atomic E-state index is 10.6. The van der Waals surface area contributed by atoms with E-state index in [2.05, 4.69) is 47.4 Å². The molecule has 0 bridgehead atoms. The van der Waals surface area contributed by atoms with Crippen LogP contribution in [0.3, 0.4) is 0 Å². The van der Waals surface area contributed by atoms with E-state index in [1.54, 1.807) is 6.20 Å². The molecule has 0 aromatic carbocycles. The Kier molecular flexibility index (Phi) is 7.17. The van der Waals surface area contributed by atoms with Gasteiger partial charge in [-0.05, 0) is 51.9 Å². The summed E-state index contributed by atoms with van der Waals surface area (Å²) in [5, 5.41) is 20.0. The van der Waals surface area contributed by atoms with Crippen LogP contribution in [-0.2, 0) is 0 Å². The molecular weight excluding hydrogens is 314 g/mol. The molecule has 2 rings (SSSR count). The predicted molar refractivity (Wildman–Crippen MR) is 101 cm³/mol. The molecule has 2 aromatic rings. The Hall–Kier alpha value is -1.69. The lowest BCUT2D eigenvalue weighted by Gasteiger charge is -2.29. The van der Waals surface area contributed by atoms with Gasteiger partial charge >= 0.3 is 0 Å². The van der Waals surface area contributed by atoms with E-state index in [1.807, 2.05) is 19.1 Å². The molecule has 0 amide bonds. The highest BCUT2D eigenvalue weighted by Crippen LogP contribution is 2.19. The fraction of sp³-hybridized carbons (Fsp3) is 0.550. The first-order chi connectivity index (χ1) is 12.0. The first kappa shape index (κ1) is 19.6. The number of hydrogen-bond donors (Lipinski definition) is 2. The number of aliphatic hydroxyl groups excluding tert-OH is 2. The predicted octanol–water partition coefficient (Wildman–Crippen LogP) is 3.01. The van der Waals surface area contributed by atoms with Crippen LogP contribution in [0.2, 0.25) is 0 Å². The van der Waals surface area contributed by atoms with E-state index in [0.29, 0.717) is 6.54 Å². The van der Waals surface area contributed by atoms with Gasteiger partial charge in [0.1, 0.15) is 5.82 Å². The maximum Gasteiger partial charge on any atom is 0.136 e. The van der Waals surface area contributed by atoms with Crippen LogP contribution < -0.4 is 0 Å². The van der Waals surface area contributed by atoms with Crippen molar-refractivity contribution in [2.75, 3.05) is 19.7 Å². The minimum Gasteiger partial charge on any atom is -0.395 e. The van der Waals surface area contributed by atoms with Gasteiger partial charge in [0.15, 0.2) is 0 Å². The van der Waals surface area contributed by atoms with E-state index in [-0.39, 0.29) is 12.6 Å². The zero-order valence-electron chi connectivity index (χ0n) is 15.8. The van der Waals surface area contributed by atoms with E-state index in [0.717, 1.165) is 42.2 Å². The molecule has 2 aromatic heterocycles. The van der Waals surface area contributed by atoms with Crippen molar-refractivity contribution in [3.8, 4) is 5.82 Å². The van der Waals surface area contributed by atoms with Crippen molar-refractivity contribution < 1.29 is 10.2 Å². The summed E-state index contributed by atoms with van der Waals surface area (Å²) in [4.78, 5) is 6.67. The molecule has 0 aliphatic carbocycles. The molecule has 5 heteroatoms. The number of rotatable bonds is 9. The summed E-state index contributed by atoms with van der Waals surface area (Å²) in [6.45, 7) is 9.72. The van der Waals surface area contributed by atoms with Crippen LogP contribution in [0.25, 0.3) is 5.82 Å². The highest BCUT2D eigenvalue weighted by Gasteiger charge is 2.18. The summed E-state index contributed by atoms with van der Waals surface area (Å²) >= 11 is 0. The van der Waals surface area contributed by atoms with Gasteiger partial charge in [0.05, 0.1) is 12.7 Å². The van der Waals surface area contributed by atoms with E-state index in [4.69, 9.17) is 0 Å². The number of aliphatic hydroxyl groups is 2. The standard InChI is InChI=1S/C20H31N3O2/c1-5-6-11-22(17(4)14-24)13-19(25)18-9-10-20(21-12-18)23-15(2)7-8-16(23)3/h7-10,12,17,19,24-25H,5-6,11,13-14H2,1-4H3/t17-,19?/m0/s1. The van der Waals surface area contributed by atoms with Gasteiger partial charge < -0.3 is 14.8 Å². The zero-order valence-corrected chi connectivity index (χ0v) is 15.8. The van der Waals surface area contributed by atoms with Crippen molar-refractivity contribution in [1.29, 1.82) is 0 Å². The summed E-state index contributed by atoms with van der Waals surface area (Å²) in [6, 6.07) is 8.07. The number of hydrogen-bond acceptors (Lipinski definition) is 4. The molecule has 0 saturated heterocycles. The first-order valence-corrected chi connectivity index (χ1v) is 9.12. The van der Waals surface area contributed by atoms with E-state index < -0.39 is 6.10 Å². The lowest BCUT2D eigenvalue weighted by atomic mass is 10.1. The fourth-order valence-electron chi connectivity index (χ4n) is 3.05. The summed E-state index contributed by atoms with van der Waals surface area (Å²) in [6.07, 6.45) is 3.29. The number of pyridine rings is 1. The topological polar surface area (TPSA) is 61.5 Å². The van der Waals surface area contributed by atoms with Crippen molar-refractivity contribution in [2.24, 2.45) is 0 Å². The monoisotopic (exact) mass is 345 g/mol. The molecule has 2 atom stereocenters. The van der Waals surface area contributed by atoms with Crippen molar-refractivity contribution >= 4 is 0 Å².